The lowest BCUT2D eigenvalue weighted by atomic mass is 10.1. The van der Waals surface area contributed by atoms with Crippen molar-refractivity contribution in [2.45, 2.75) is 6.04 Å². The first kappa shape index (κ1) is 19.7. The van der Waals surface area contributed by atoms with Crippen LogP contribution in [0.15, 0.2) is 90.2 Å². The Labute approximate surface area is 178 Å². The smallest absolute Gasteiger partial charge is 0.264 e. The van der Waals surface area contributed by atoms with Gasteiger partial charge in [0.2, 0.25) is 0 Å². The molecule has 0 bridgehead atoms. The van der Waals surface area contributed by atoms with E-state index in [0.29, 0.717) is 28.3 Å². The normalized spacial score (nSPS) is 15.2. The number of aliphatic hydroxyl groups excluding tert-OH is 1. The Hall–Kier alpha value is -4.57. The molecule has 7 heteroatoms. The highest BCUT2D eigenvalue weighted by Crippen LogP contribution is 2.30. The molecule has 0 radical (unpaired) electrons. The van der Waals surface area contributed by atoms with E-state index in [2.05, 4.69) is 16.7 Å². The molecule has 0 fully saturated rings. The second kappa shape index (κ2) is 8.43. The third-order valence-electron chi connectivity index (χ3n) is 4.72. The number of anilines is 1. The molecule has 1 heterocycles. The Morgan fingerprint density at radius 3 is 2.55 bits per heavy atom. The van der Waals surface area contributed by atoms with Crippen LogP contribution in [-0.2, 0) is 9.59 Å². The van der Waals surface area contributed by atoms with Crippen LogP contribution >= 0.6 is 0 Å². The Morgan fingerprint density at radius 1 is 1.03 bits per heavy atom. The van der Waals surface area contributed by atoms with Gasteiger partial charge in [0.05, 0.1) is 5.56 Å². The lowest BCUT2D eigenvalue weighted by molar-refractivity contribution is -0.120. The standard InChI is InChI=1S/C24H17N3O4/c25-14-16-9-4-5-12-19(16)31-18-11-6-10-17(13-18)26-23(29)20-22(28)21(27-24(20)30)15-7-2-1-3-8-15/h1-13,21,28H,(H,26,29)(H,27,30). The predicted molar refractivity (Wildman–Crippen MR) is 113 cm³/mol. The molecular formula is C24H17N3O4. The topological polar surface area (TPSA) is 111 Å². The molecule has 0 aromatic heterocycles. The van der Waals surface area contributed by atoms with Gasteiger partial charge in [0.25, 0.3) is 11.8 Å². The van der Waals surface area contributed by atoms with Crippen molar-refractivity contribution >= 4 is 17.5 Å². The number of ether oxygens (including phenoxy) is 1. The van der Waals surface area contributed by atoms with Crippen LogP contribution in [0.1, 0.15) is 17.2 Å². The summed E-state index contributed by atoms with van der Waals surface area (Å²) in [6.45, 7) is 0. The summed E-state index contributed by atoms with van der Waals surface area (Å²) in [6, 6.07) is 23.5. The number of nitriles is 1. The zero-order valence-electron chi connectivity index (χ0n) is 16.2. The zero-order valence-corrected chi connectivity index (χ0v) is 16.2. The van der Waals surface area contributed by atoms with E-state index in [1.165, 1.54) is 0 Å². The minimum Gasteiger partial charge on any atom is -0.509 e. The van der Waals surface area contributed by atoms with E-state index in [-0.39, 0.29) is 11.3 Å². The van der Waals surface area contributed by atoms with Crippen molar-refractivity contribution in [1.82, 2.24) is 5.32 Å². The maximum absolute atomic E-state index is 12.7. The van der Waals surface area contributed by atoms with E-state index in [0.717, 1.165) is 0 Å². The lowest BCUT2D eigenvalue weighted by Crippen LogP contribution is -2.26. The number of hydrogen-bond donors (Lipinski definition) is 3. The number of rotatable bonds is 5. The molecule has 0 aliphatic carbocycles. The van der Waals surface area contributed by atoms with Gasteiger partial charge in [-0.1, -0.05) is 48.5 Å². The third-order valence-corrected chi connectivity index (χ3v) is 4.72. The second-order valence-corrected chi connectivity index (χ2v) is 6.77. The first-order valence-corrected chi connectivity index (χ1v) is 9.44. The maximum Gasteiger partial charge on any atom is 0.264 e. The summed E-state index contributed by atoms with van der Waals surface area (Å²) in [5, 5.41) is 24.9. The van der Waals surface area contributed by atoms with Gasteiger partial charge in [0, 0.05) is 11.8 Å². The number of hydrogen-bond acceptors (Lipinski definition) is 5. The molecule has 1 unspecified atom stereocenters. The van der Waals surface area contributed by atoms with Gasteiger partial charge in [-0.25, -0.2) is 0 Å². The molecule has 3 aromatic carbocycles. The molecule has 0 spiro atoms. The number of carbonyl (C=O) groups is 2. The largest absolute Gasteiger partial charge is 0.509 e. The van der Waals surface area contributed by atoms with Gasteiger partial charge >= 0.3 is 0 Å². The summed E-state index contributed by atoms with van der Waals surface area (Å²) >= 11 is 0. The van der Waals surface area contributed by atoms with Crippen molar-refractivity contribution in [2.24, 2.45) is 0 Å². The van der Waals surface area contributed by atoms with E-state index in [1.807, 2.05) is 6.07 Å². The van der Waals surface area contributed by atoms with Crippen LogP contribution in [0.5, 0.6) is 11.5 Å². The van der Waals surface area contributed by atoms with E-state index in [4.69, 9.17) is 4.74 Å². The van der Waals surface area contributed by atoms with E-state index in [1.54, 1.807) is 72.8 Å². The highest BCUT2D eigenvalue weighted by molar-refractivity contribution is 6.24. The number of aliphatic hydroxyl groups is 1. The van der Waals surface area contributed by atoms with Crippen LogP contribution in [0.2, 0.25) is 0 Å². The van der Waals surface area contributed by atoms with E-state index >= 15 is 0 Å². The number of amides is 2. The van der Waals surface area contributed by atoms with Crippen LogP contribution < -0.4 is 15.4 Å². The first-order chi connectivity index (χ1) is 15.1. The highest BCUT2D eigenvalue weighted by atomic mass is 16.5. The Morgan fingerprint density at radius 2 is 1.77 bits per heavy atom. The minimum absolute atomic E-state index is 0.330. The van der Waals surface area contributed by atoms with Crippen LogP contribution in [0.3, 0.4) is 0 Å². The molecule has 0 saturated heterocycles. The van der Waals surface area contributed by atoms with Crippen molar-refractivity contribution in [1.29, 1.82) is 5.26 Å². The summed E-state index contributed by atoms with van der Waals surface area (Å²) in [4.78, 5) is 25.0. The first-order valence-electron chi connectivity index (χ1n) is 9.44. The molecule has 152 valence electrons. The summed E-state index contributed by atoms with van der Waals surface area (Å²) < 4.78 is 5.75. The number of benzene rings is 3. The lowest BCUT2D eigenvalue weighted by Gasteiger charge is -2.11. The van der Waals surface area contributed by atoms with Gasteiger partial charge in [-0.05, 0) is 29.8 Å². The molecule has 1 aliphatic rings. The molecule has 1 atom stereocenters. The Kier molecular flexibility index (Phi) is 5.37. The van der Waals surface area contributed by atoms with Gasteiger partial charge in [0.1, 0.15) is 34.9 Å². The number of nitrogens with one attached hydrogen (secondary N) is 2. The second-order valence-electron chi connectivity index (χ2n) is 6.77. The highest BCUT2D eigenvalue weighted by Gasteiger charge is 2.36. The predicted octanol–water partition coefficient (Wildman–Crippen LogP) is 3.97. The zero-order chi connectivity index (χ0) is 21.8. The molecular weight excluding hydrogens is 394 g/mol. The minimum atomic E-state index is -0.772. The molecule has 3 aromatic rings. The summed E-state index contributed by atoms with van der Waals surface area (Å²) in [7, 11) is 0. The molecule has 3 N–H and O–H groups in total. The summed E-state index contributed by atoms with van der Waals surface area (Å²) in [6.07, 6.45) is 0. The number of nitrogens with zero attached hydrogens (tertiary/aromatic N) is 1. The Bertz CT molecular complexity index is 1230. The van der Waals surface area contributed by atoms with Gasteiger partial charge in [0.15, 0.2) is 0 Å². The average Bonchev–Trinajstić information content (AvgIpc) is 3.09. The van der Waals surface area contributed by atoms with Crippen LogP contribution in [-0.4, -0.2) is 16.9 Å². The van der Waals surface area contributed by atoms with Gasteiger partial charge in [-0.2, -0.15) is 5.26 Å². The summed E-state index contributed by atoms with van der Waals surface area (Å²) in [5.41, 5.74) is 1.08. The average molecular weight is 411 g/mol. The third kappa shape index (κ3) is 4.09. The number of carbonyl (C=O) groups excluding carboxylic acids is 2. The molecule has 31 heavy (non-hydrogen) atoms. The van der Waals surface area contributed by atoms with E-state index < -0.39 is 17.9 Å². The fraction of sp³-hybridized carbons (Fsp3) is 0.0417. The van der Waals surface area contributed by atoms with Crippen LogP contribution in [0.25, 0.3) is 0 Å². The fourth-order valence-corrected chi connectivity index (χ4v) is 3.24. The summed E-state index contributed by atoms with van der Waals surface area (Å²) in [5.74, 6) is -0.933. The maximum atomic E-state index is 12.7. The molecule has 2 amide bonds. The molecule has 0 saturated carbocycles. The van der Waals surface area contributed by atoms with Crippen molar-refractivity contribution in [3.63, 3.8) is 0 Å². The van der Waals surface area contributed by atoms with Crippen molar-refractivity contribution in [2.75, 3.05) is 5.32 Å². The molecule has 1 aliphatic heterocycles. The van der Waals surface area contributed by atoms with Crippen LogP contribution in [0.4, 0.5) is 5.69 Å². The SMILES string of the molecule is N#Cc1ccccc1Oc1cccc(NC(=O)C2=C(O)C(c3ccccc3)NC2=O)c1. The van der Waals surface area contributed by atoms with Crippen LogP contribution in [0, 0.1) is 11.3 Å². The van der Waals surface area contributed by atoms with Crippen molar-refractivity contribution in [3.8, 4) is 17.6 Å². The quantitative estimate of drug-likeness (QED) is 0.550. The van der Waals surface area contributed by atoms with Gasteiger partial charge in [-0.3, -0.25) is 9.59 Å². The fourth-order valence-electron chi connectivity index (χ4n) is 3.24. The van der Waals surface area contributed by atoms with Gasteiger partial charge < -0.3 is 20.5 Å². The van der Waals surface area contributed by atoms with E-state index in [9.17, 15) is 20.0 Å². The van der Waals surface area contributed by atoms with Crippen molar-refractivity contribution in [3.05, 3.63) is 101 Å². The Balaban J connectivity index is 1.54. The van der Waals surface area contributed by atoms with Crippen molar-refractivity contribution < 1.29 is 19.4 Å². The number of para-hydroxylation sites is 1. The van der Waals surface area contributed by atoms with Gasteiger partial charge in [-0.15, -0.1) is 0 Å². The molecule has 7 nitrogen and oxygen atoms in total. The molecule has 4 rings (SSSR count). The monoisotopic (exact) mass is 411 g/mol.